The number of hydrogen-bond donors (Lipinski definition) is 1. The number of methoxy groups -OCH3 is 1. The highest BCUT2D eigenvalue weighted by atomic mass is 16.5. The molecule has 0 unspecified atom stereocenters. The maximum Gasteiger partial charge on any atom is 0.181 e. The molecule has 0 aliphatic carbocycles. The number of nitrogens with two attached hydrogens (primary N) is 1. The van der Waals surface area contributed by atoms with Crippen molar-refractivity contribution in [3.63, 3.8) is 0 Å². The number of hydrogen-bond acceptors (Lipinski definition) is 4. The van der Waals surface area contributed by atoms with Crippen LogP contribution in [0.3, 0.4) is 0 Å². The molecule has 4 nitrogen and oxygen atoms in total. The van der Waals surface area contributed by atoms with Gasteiger partial charge in [-0.15, -0.1) is 0 Å². The van der Waals surface area contributed by atoms with E-state index in [1.54, 1.807) is 7.11 Å². The van der Waals surface area contributed by atoms with E-state index in [-0.39, 0.29) is 5.41 Å². The quantitative estimate of drug-likeness (QED) is 0.930. The lowest BCUT2D eigenvalue weighted by molar-refractivity contribution is 0.415. The summed E-state index contributed by atoms with van der Waals surface area (Å²) in [6, 6.07) is 6.19. The topological polar surface area (TPSA) is 61.3 Å². The van der Waals surface area contributed by atoms with E-state index in [0.29, 0.717) is 13.0 Å². The second-order valence-corrected chi connectivity index (χ2v) is 5.83. The maximum atomic E-state index is 5.62. The van der Waals surface area contributed by atoms with Gasteiger partial charge in [-0.25, -0.2) is 4.98 Å². The minimum Gasteiger partial charge on any atom is -0.496 e. The van der Waals surface area contributed by atoms with Crippen molar-refractivity contribution >= 4 is 0 Å². The first-order chi connectivity index (χ1) is 9.47. The van der Waals surface area contributed by atoms with Gasteiger partial charge in [-0.3, -0.25) is 0 Å². The van der Waals surface area contributed by atoms with Gasteiger partial charge in [-0.05, 0) is 29.7 Å². The molecule has 2 N–H and O–H groups in total. The molecular formula is C16H22N2O2. The van der Waals surface area contributed by atoms with Crippen LogP contribution in [0, 0.1) is 0 Å². The zero-order valence-electron chi connectivity index (χ0n) is 12.6. The molecule has 0 radical (unpaired) electrons. The van der Waals surface area contributed by atoms with Crippen molar-refractivity contribution in [3.05, 3.63) is 35.9 Å². The molecule has 20 heavy (non-hydrogen) atoms. The average Bonchev–Trinajstić information content (AvgIpc) is 2.85. The standard InChI is InChI=1S/C16H22N2O2/c1-16(2,3)11-5-6-13(19-4)12(9-11)15-14(7-8-17)20-10-18-15/h5-6,9-10H,7-8,17H2,1-4H3. The van der Waals surface area contributed by atoms with Crippen molar-refractivity contribution in [1.82, 2.24) is 4.98 Å². The molecule has 2 rings (SSSR count). The van der Waals surface area contributed by atoms with Gasteiger partial charge in [0.25, 0.3) is 0 Å². The minimum absolute atomic E-state index is 0.0682. The van der Waals surface area contributed by atoms with E-state index in [0.717, 1.165) is 22.8 Å². The third kappa shape index (κ3) is 2.85. The Morgan fingerprint density at radius 1 is 1.30 bits per heavy atom. The number of aromatic nitrogens is 1. The third-order valence-electron chi connectivity index (χ3n) is 3.33. The van der Waals surface area contributed by atoms with E-state index in [2.05, 4.69) is 37.9 Å². The summed E-state index contributed by atoms with van der Waals surface area (Å²) in [4.78, 5) is 4.33. The normalized spacial score (nSPS) is 11.7. The minimum atomic E-state index is 0.0682. The van der Waals surface area contributed by atoms with E-state index >= 15 is 0 Å². The predicted octanol–water partition coefficient (Wildman–Crippen LogP) is 3.15. The molecule has 2 aromatic rings. The van der Waals surface area contributed by atoms with Crippen LogP contribution in [0.4, 0.5) is 0 Å². The van der Waals surface area contributed by atoms with Crippen LogP contribution in [-0.4, -0.2) is 18.6 Å². The Morgan fingerprint density at radius 3 is 2.65 bits per heavy atom. The number of benzene rings is 1. The van der Waals surface area contributed by atoms with E-state index in [9.17, 15) is 0 Å². The Kier molecular flexibility index (Phi) is 4.14. The Balaban J connectivity index is 2.55. The summed E-state index contributed by atoms with van der Waals surface area (Å²) in [5.41, 5.74) is 8.69. The van der Waals surface area contributed by atoms with Crippen LogP contribution in [0.5, 0.6) is 5.75 Å². The summed E-state index contributed by atoms with van der Waals surface area (Å²) in [5, 5.41) is 0. The van der Waals surface area contributed by atoms with Gasteiger partial charge in [0, 0.05) is 12.0 Å². The molecule has 0 aliphatic heterocycles. The Morgan fingerprint density at radius 2 is 2.05 bits per heavy atom. The van der Waals surface area contributed by atoms with Crippen LogP contribution in [0.1, 0.15) is 32.1 Å². The predicted molar refractivity (Wildman–Crippen MR) is 79.9 cm³/mol. The summed E-state index contributed by atoms with van der Waals surface area (Å²) in [6.45, 7) is 7.08. The van der Waals surface area contributed by atoms with Crippen LogP contribution in [0.2, 0.25) is 0 Å². The van der Waals surface area contributed by atoms with Crippen molar-refractivity contribution in [2.24, 2.45) is 5.73 Å². The summed E-state index contributed by atoms with van der Waals surface area (Å²) in [7, 11) is 1.66. The molecule has 0 aliphatic rings. The molecule has 108 valence electrons. The van der Waals surface area contributed by atoms with Gasteiger partial charge in [-0.1, -0.05) is 26.8 Å². The lowest BCUT2D eigenvalue weighted by atomic mass is 9.85. The molecule has 0 saturated heterocycles. The first-order valence-corrected chi connectivity index (χ1v) is 6.78. The van der Waals surface area contributed by atoms with Crippen LogP contribution in [0.15, 0.2) is 29.0 Å². The van der Waals surface area contributed by atoms with Crippen LogP contribution in [-0.2, 0) is 11.8 Å². The maximum absolute atomic E-state index is 5.62. The monoisotopic (exact) mass is 274 g/mol. The molecular weight excluding hydrogens is 252 g/mol. The summed E-state index contributed by atoms with van der Waals surface area (Å²) >= 11 is 0. The van der Waals surface area contributed by atoms with E-state index < -0.39 is 0 Å². The second-order valence-electron chi connectivity index (χ2n) is 5.83. The largest absolute Gasteiger partial charge is 0.496 e. The fourth-order valence-corrected chi connectivity index (χ4v) is 2.16. The molecule has 1 aromatic heterocycles. The third-order valence-corrected chi connectivity index (χ3v) is 3.33. The SMILES string of the molecule is COc1ccc(C(C)(C)C)cc1-c1ncoc1CCN. The molecule has 0 saturated carbocycles. The Labute approximate surface area is 120 Å². The molecule has 1 aromatic carbocycles. The Bertz CT molecular complexity index is 582. The van der Waals surface area contributed by atoms with E-state index in [4.69, 9.17) is 14.9 Å². The zero-order chi connectivity index (χ0) is 14.8. The smallest absolute Gasteiger partial charge is 0.181 e. The fourth-order valence-electron chi connectivity index (χ4n) is 2.16. The van der Waals surface area contributed by atoms with Gasteiger partial charge in [-0.2, -0.15) is 0 Å². The number of ether oxygens (including phenoxy) is 1. The van der Waals surface area contributed by atoms with Crippen molar-refractivity contribution in [1.29, 1.82) is 0 Å². The number of oxazole rings is 1. The number of nitrogens with zero attached hydrogens (tertiary/aromatic N) is 1. The first-order valence-electron chi connectivity index (χ1n) is 6.78. The lowest BCUT2D eigenvalue weighted by Crippen LogP contribution is -2.11. The molecule has 0 fully saturated rings. The molecule has 0 spiro atoms. The van der Waals surface area contributed by atoms with Crippen molar-refractivity contribution in [2.75, 3.05) is 13.7 Å². The highest BCUT2D eigenvalue weighted by Gasteiger charge is 2.19. The molecule has 1 heterocycles. The molecule has 0 bridgehead atoms. The van der Waals surface area contributed by atoms with Gasteiger partial charge in [0.1, 0.15) is 17.2 Å². The fraction of sp³-hybridized carbons (Fsp3) is 0.438. The molecule has 0 atom stereocenters. The first kappa shape index (κ1) is 14.6. The summed E-state index contributed by atoms with van der Waals surface area (Å²) in [6.07, 6.45) is 2.13. The number of rotatable bonds is 4. The van der Waals surface area contributed by atoms with Crippen LogP contribution in [0.25, 0.3) is 11.3 Å². The summed E-state index contributed by atoms with van der Waals surface area (Å²) < 4.78 is 10.9. The average molecular weight is 274 g/mol. The van der Waals surface area contributed by atoms with Crippen LogP contribution < -0.4 is 10.5 Å². The van der Waals surface area contributed by atoms with E-state index in [1.165, 1.54) is 12.0 Å². The highest BCUT2D eigenvalue weighted by molar-refractivity contribution is 5.70. The van der Waals surface area contributed by atoms with Crippen molar-refractivity contribution in [2.45, 2.75) is 32.6 Å². The highest BCUT2D eigenvalue weighted by Crippen LogP contribution is 2.35. The van der Waals surface area contributed by atoms with Gasteiger partial charge in [0.05, 0.1) is 7.11 Å². The lowest BCUT2D eigenvalue weighted by Gasteiger charge is -2.20. The zero-order valence-corrected chi connectivity index (χ0v) is 12.6. The van der Waals surface area contributed by atoms with Gasteiger partial charge >= 0.3 is 0 Å². The van der Waals surface area contributed by atoms with Gasteiger partial charge in [0.2, 0.25) is 0 Å². The van der Waals surface area contributed by atoms with Gasteiger partial charge in [0.15, 0.2) is 6.39 Å². The molecule has 0 amide bonds. The second kappa shape index (κ2) is 5.67. The summed E-state index contributed by atoms with van der Waals surface area (Å²) in [5.74, 6) is 1.60. The van der Waals surface area contributed by atoms with Crippen molar-refractivity contribution in [3.8, 4) is 17.0 Å². The van der Waals surface area contributed by atoms with Gasteiger partial charge < -0.3 is 14.9 Å². The Hall–Kier alpha value is -1.81. The van der Waals surface area contributed by atoms with E-state index in [1.807, 2.05) is 6.07 Å². The molecule has 4 heteroatoms. The van der Waals surface area contributed by atoms with Crippen LogP contribution >= 0.6 is 0 Å². The van der Waals surface area contributed by atoms with Crippen molar-refractivity contribution < 1.29 is 9.15 Å².